The molecule has 0 radical (unpaired) electrons. The fourth-order valence-corrected chi connectivity index (χ4v) is 3.11. The van der Waals surface area contributed by atoms with Crippen molar-refractivity contribution in [1.82, 2.24) is 0 Å². The molecule has 4 nitrogen and oxygen atoms in total. The van der Waals surface area contributed by atoms with Gasteiger partial charge in [0.1, 0.15) is 5.60 Å². The van der Waals surface area contributed by atoms with Gasteiger partial charge < -0.3 is 4.74 Å². The third-order valence-electron chi connectivity index (χ3n) is 4.17. The maximum absolute atomic E-state index is 13.0. The van der Waals surface area contributed by atoms with Gasteiger partial charge in [-0.25, -0.2) is 9.69 Å². The molecule has 2 aromatic rings. The molecule has 1 atom stereocenters. The quantitative estimate of drug-likeness (QED) is 0.817. The van der Waals surface area contributed by atoms with Crippen LogP contribution in [0, 0.1) is 5.92 Å². The van der Waals surface area contributed by atoms with E-state index >= 15 is 0 Å². The lowest BCUT2D eigenvalue weighted by Crippen LogP contribution is -2.47. The van der Waals surface area contributed by atoms with E-state index in [2.05, 4.69) is 0 Å². The van der Waals surface area contributed by atoms with Gasteiger partial charge in [-0.1, -0.05) is 48.5 Å². The van der Waals surface area contributed by atoms with Gasteiger partial charge in [0, 0.05) is 5.92 Å². The zero-order chi connectivity index (χ0) is 18.0. The maximum atomic E-state index is 13.0. The molecular weight excluding hydrogens is 314 g/mol. The molecule has 2 aromatic carbocycles. The van der Waals surface area contributed by atoms with E-state index in [0.29, 0.717) is 18.5 Å². The number of nitrogens with zero attached hydrogens (tertiary/aromatic N) is 1. The molecule has 1 heterocycles. The highest BCUT2D eigenvalue weighted by atomic mass is 16.6. The summed E-state index contributed by atoms with van der Waals surface area (Å²) in [6.07, 6.45) is 0.624. The van der Waals surface area contributed by atoms with Crippen molar-refractivity contribution in [1.29, 1.82) is 0 Å². The molecule has 0 aromatic heterocycles. The second-order valence-electron chi connectivity index (χ2n) is 7.37. The summed E-state index contributed by atoms with van der Waals surface area (Å²) in [5, 5.41) is 0. The number of hydrogen-bond donors (Lipinski definition) is 0. The Kier molecular flexibility index (Phi) is 4.62. The van der Waals surface area contributed by atoms with Crippen molar-refractivity contribution in [3.63, 3.8) is 0 Å². The number of benzene rings is 2. The first-order valence-electron chi connectivity index (χ1n) is 8.54. The Balaban J connectivity index is 1.92. The summed E-state index contributed by atoms with van der Waals surface area (Å²) in [7, 11) is 0. The lowest BCUT2D eigenvalue weighted by atomic mass is 9.87. The summed E-state index contributed by atoms with van der Waals surface area (Å²) < 4.78 is 5.47. The molecule has 130 valence electrons. The van der Waals surface area contributed by atoms with Crippen LogP contribution in [0.15, 0.2) is 54.6 Å². The first kappa shape index (κ1) is 17.2. The first-order valence-corrected chi connectivity index (χ1v) is 8.54. The number of fused-ring (bicyclic) bond motifs is 1. The Morgan fingerprint density at radius 1 is 1.08 bits per heavy atom. The SMILES string of the molecule is CC(C)(C)OC(=O)N1C(=O)[C@@H](Cc2ccccc2)Cc2ccccc21. The third kappa shape index (κ3) is 3.90. The van der Waals surface area contributed by atoms with Crippen molar-refractivity contribution < 1.29 is 14.3 Å². The number of carbonyl (C=O) groups excluding carboxylic acids is 2. The highest BCUT2D eigenvalue weighted by Gasteiger charge is 2.38. The lowest BCUT2D eigenvalue weighted by molar-refractivity contribution is -0.122. The Morgan fingerprint density at radius 3 is 2.40 bits per heavy atom. The van der Waals surface area contributed by atoms with Crippen LogP contribution in [0.4, 0.5) is 10.5 Å². The number of carbonyl (C=O) groups is 2. The van der Waals surface area contributed by atoms with E-state index in [1.165, 1.54) is 4.90 Å². The highest BCUT2D eigenvalue weighted by Crippen LogP contribution is 2.33. The summed E-state index contributed by atoms with van der Waals surface area (Å²) in [4.78, 5) is 26.9. The van der Waals surface area contributed by atoms with Crippen molar-refractivity contribution in [3.05, 3.63) is 65.7 Å². The van der Waals surface area contributed by atoms with E-state index in [1.807, 2.05) is 48.5 Å². The Labute approximate surface area is 148 Å². The van der Waals surface area contributed by atoms with Crippen LogP contribution in [0.25, 0.3) is 0 Å². The lowest BCUT2D eigenvalue weighted by Gasteiger charge is -2.34. The minimum absolute atomic E-state index is 0.197. The molecule has 0 saturated heterocycles. The largest absolute Gasteiger partial charge is 0.443 e. The minimum Gasteiger partial charge on any atom is -0.443 e. The minimum atomic E-state index is -0.654. The number of rotatable bonds is 2. The number of ether oxygens (including phenoxy) is 1. The van der Waals surface area contributed by atoms with Crippen LogP contribution in [-0.4, -0.2) is 17.6 Å². The number of amides is 2. The second kappa shape index (κ2) is 6.71. The highest BCUT2D eigenvalue weighted by molar-refractivity contribution is 6.15. The molecular formula is C21H23NO3. The molecule has 0 bridgehead atoms. The topological polar surface area (TPSA) is 46.6 Å². The summed E-state index contributed by atoms with van der Waals surface area (Å²) in [5.41, 5.74) is 2.06. The van der Waals surface area contributed by atoms with Crippen LogP contribution in [0.3, 0.4) is 0 Å². The van der Waals surface area contributed by atoms with Crippen LogP contribution >= 0.6 is 0 Å². The molecule has 4 heteroatoms. The smallest absolute Gasteiger partial charge is 0.421 e. The van der Waals surface area contributed by atoms with Crippen molar-refractivity contribution in [2.45, 2.75) is 39.2 Å². The molecule has 1 aliphatic heterocycles. The fraction of sp³-hybridized carbons (Fsp3) is 0.333. The first-order chi connectivity index (χ1) is 11.8. The van der Waals surface area contributed by atoms with Gasteiger partial charge in [-0.3, -0.25) is 4.79 Å². The average Bonchev–Trinajstić information content (AvgIpc) is 2.55. The van der Waals surface area contributed by atoms with Crippen LogP contribution in [0.5, 0.6) is 0 Å². The van der Waals surface area contributed by atoms with E-state index in [-0.39, 0.29) is 11.8 Å². The van der Waals surface area contributed by atoms with Crippen molar-refractivity contribution >= 4 is 17.7 Å². The number of hydrogen-bond acceptors (Lipinski definition) is 3. The summed E-state index contributed by atoms with van der Waals surface area (Å²) in [6.45, 7) is 5.39. The standard InChI is InChI=1S/C21H23NO3/c1-21(2,3)25-20(24)22-18-12-8-7-11-16(18)14-17(19(22)23)13-15-9-5-4-6-10-15/h4-12,17H,13-14H2,1-3H3/t17-/m0/s1. The number of imide groups is 1. The van der Waals surface area contributed by atoms with Gasteiger partial charge in [0.05, 0.1) is 5.69 Å². The van der Waals surface area contributed by atoms with Gasteiger partial charge in [0.15, 0.2) is 0 Å². The van der Waals surface area contributed by atoms with E-state index in [1.54, 1.807) is 26.8 Å². The van der Waals surface area contributed by atoms with Gasteiger partial charge >= 0.3 is 6.09 Å². The molecule has 0 fully saturated rings. The summed E-state index contributed by atoms with van der Waals surface area (Å²) in [5.74, 6) is -0.471. The van der Waals surface area contributed by atoms with Crippen LogP contribution in [0.2, 0.25) is 0 Å². The van der Waals surface area contributed by atoms with Gasteiger partial charge in [-0.2, -0.15) is 0 Å². The molecule has 1 aliphatic rings. The van der Waals surface area contributed by atoms with Gasteiger partial charge in [0.25, 0.3) is 0 Å². The van der Waals surface area contributed by atoms with E-state index in [9.17, 15) is 9.59 Å². The Bertz CT molecular complexity index is 777. The Morgan fingerprint density at radius 2 is 1.72 bits per heavy atom. The van der Waals surface area contributed by atoms with Crippen LogP contribution < -0.4 is 4.90 Å². The molecule has 2 amide bonds. The van der Waals surface area contributed by atoms with Gasteiger partial charge in [-0.15, -0.1) is 0 Å². The van der Waals surface area contributed by atoms with Gasteiger partial charge in [-0.05, 0) is 50.8 Å². The van der Waals surface area contributed by atoms with E-state index in [4.69, 9.17) is 4.74 Å². The van der Waals surface area contributed by atoms with Crippen molar-refractivity contribution in [2.24, 2.45) is 5.92 Å². The molecule has 0 N–H and O–H groups in total. The van der Waals surface area contributed by atoms with Crippen LogP contribution in [0.1, 0.15) is 31.9 Å². The van der Waals surface area contributed by atoms with Gasteiger partial charge in [0.2, 0.25) is 5.91 Å². The number of anilines is 1. The summed E-state index contributed by atoms with van der Waals surface area (Å²) >= 11 is 0. The van der Waals surface area contributed by atoms with Crippen LogP contribution in [-0.2, 0) is 22.4 Å². The second-order valence-corrected chi connectivity index (χ2v) is 7.37. The zero-order valence-electron chi connectivity index (χ0n) is 14.9. The van der Waals surface area contributed by atoms with E-state index < -0.39 is 11.7 Å². The molecule has 0 spiro atoms. The van der Waals surface area contributed by atoms with Crippen molar-refractivity contribution in [3.8, 4) is 0 Å². The van der Waals surface area contributed by atoms with Crippen molar-refractivity contribution in [2.75, 3.05) is 4.90 Å². The zero-order valence-corrected chi connectivity index (χ0v) is 14.9. The molecule has 0 unspecified atom stereocenters. The fourth-order valence-electron chi connectivity index (χ4n) is 3.11. The predicted molar refractivity (Wildman–Crippen MR) is 97.5 cm³/mol. The predicted octanol–water partition coefficient (Wildman–Crippen LogP) is 4.37. The number of para-hydroxylation sites is 1. The average molecular weight is 337 g/mol. The molecule has 0 saturated carbocycles. The normalized spacial score (nSPS) is 17.2. The van der Waals surface area contributed by atoms with E-state index in [0.717, 1.165) is 11.1 Å². The third-order valence-corrected chi connectivity index (χ3v) is 4.17. The summed E-state index contributed by atoms with van der Waals surface area (Å²) in [6, 6.07) is 17.4. The Hall–Kier alpha value is -2.62. The maximum Gasteiger partial charge on any atom is 0.421 e. The monoisotopic (exact) mass is 337 g/mol. The molecule has 25 heavy (non-hydrogen) atoms. The molecule has 0 aliphatic carbocycles. The molecule has 3 rings (SSSR count).